The summed E-state index contributed by atoms with van der Waals surface area (Å²) in [6, 6.07) is 16.6. The Morgan fingerprint density at radius 2 is 1.77 bits per heavy atom. The topological polar surface area (TPSA) is 97.2 Å². The van der Waals surface area contributed by atoms with Crippen molar-refractivity contribution >= 4 is 28.5 Å². The van der Waals surface area contributed by atoms with E-state index in [1.807, 2.05) is 18.2 Å². The van der Waals surface area contributed by atoms with Crippen LogP contribution in [0.4, 0.5) is 11.5 Å². The summed E-state index contributed by atoms with van der Waals surface area (Å²) in [4.78, 5) is 24.0. The van der Waals surface area contributed by atoms with Crippen LogP contribution in [-0.2, 0) is 5.41 Å². The molecule has 2 aromatic carbocycles. The van der Waals surface area contributed by atoms with E-state index in [-0.39, 0.29) is 11.1 Å². The second-order valence-electron chi connectivity index (χ2n) is 8.15. The van der Waals surface area contributed by atoms with Crippen LogP contribution in [0, 0.1) is 0 Å². The van der Waals surface area contributed by atoms with E-state index in [2.05, 4.69) is 53.2 Å². The van der Waals surface area contributed by atoms with Crippen molar-refractivity contribution in [3.05, 3.63) is 78.2 Å². The minimum Gasteiger partial charge on any atom is -0.477 e. The Labute approximate surface area is 179 Å². The van der Waals surface area contributed by atoms with Gasteiger partial charge in [-0.25, -0.2) is 14.8 Å². The van der Waals surface area contributed by atoms with E-state index < -0.39 is 5.97 Å². The molecule has 0 aliphatic rings. The number of aromatic nitrogens is 3. The summed E-state index contributed by atoms with van der Waals surface area (Å²) >= 11 is 0. The van der Waals surface area contributed by atoms with Crippen molar-refractivity contribution in [3.63, 3.8) is 0 Å². The van der Waals surface area contributed by atoms with Gasteiger partial charge in [-0.1, -0.05) is 32.9 Å². The lowest BCUT2D eigenvalue weighted by atomic mass is 9.87. The number of ether oxygens (including phenoxy) is 1. The number of carboxylic acid groups (broad SMARTS) is 1. The van der Waals surface area contributed by atoms with Crippen molar-refractivity contribution in [2.24, 2.45) is 0 Å². The first-order valence-electron chi connectivity index (χ1n) is 9.79. The lowest BCUT2D eigenvalue weighted by molar-refractivity contribution is 0.0690. The molecule has 2 aromatic heterocycles. The molecule has 4 rings (SSSR count). The minimum atomic E-state index is -1.11. The number of hydrogen-bond donors (Lipinski definition) is 2. The van der Waals surface area contributed by atoms with Gasteiger partial charge in [0.15, 0.2) is 5.69 Å². The fourth-order valence-electron chi connectivity index (χ4n) is 3.05. The van der Waals surface area contributed by atoms with Crippen molar-refractivity contribution in [1.29, 1.82) is 0 Å². The summed E-state index contributed by atoms with van der Waals surface area (Å²) in [5.74, 6) is 0.454. The molecule has 0 amide bonds. The monoisotopic (exact) mass is 414 g/mol. The van der Waals surface area contributed by atoms with Crippen molar-refractivity contribution in [1.82, 2.24) is 15.0 Å². The van der Waals surface area contributed by atoms with Gasteiger partial charge in [-0.3, -0.25) is 4.98 Å². The van der Waals surface area contributed by atoms with Crippen LogP contribution in [0.1, 0.15) is 36.8 Å². The van der Waals surface area contributed by atoms with Crippen molar-refractivity contribution < 1.29 is 14.6 Å². The third kappa shape index (κ3) is 4.78. The molecule has 4 aromatic rings. The van der Waals surface area contributed by atoms with Gasteiger partial charge in [-0.15, -0.1) is 0 Å². The largest absolute Gasteiger partial charge is 0.477 e. The second kappa shape index (κ2) is 8.02. The smallest absolute Gasteiger partial charge is 0.354 e. The number of fused-ring (bicyclic) bond motifs is 1. The molecule has 31 heavy (non-hydrogen) atoms. The summed E-state index contributed by atoms with van der Waals surface area (Å²) in [6.45, 7) is 6.53. The first-order chi connectivity index (χ1) is 14.8. The molecular formula is C24H22N4O3. The molecule has 0 spiro atoms. The highest BCUT2D eigenvalue weighted by Crippen LogP contribution is 2.27. The average molecular weight is 414 g/mol. The molecule has 0 unspecified atom stereocenters. The first-order valence-corrected chi connectivity index (χ1v) is 9.79. The molecule has 2 heterocycles. The number of carboxylic acids is 1. The number of nitrogens with zero attached hydrogens (tertiary/aromatic N) is 3. The Hall–Kier alpha value is -4.00. The molecule has 0 saturated heterocycles. The molecule has 0 saturated carbocycles. The number of pyridine rings is 1. The molecular weight excluding hydrogens is 392 g/mol. The van der Waals surface area contributed by atoms with Crippen LogP contribution in [0.25, 0.3) is 11.0 Å². The molecule has 0 bridgehead atoms. The maximum absolute atomic E-state index is 11.1. The first kappa shape index (κ1) is 20.3. The molecule has 156 valence electrons. The van der Waals surface area contributed by atoms with Crippen molar-refractivity contribution in [2.75, 3.05) is 5.32 Å². The van der Waals surface area contributed by atoms with Gasteiger partial charge in [0.1, 0.15) is 17.3 Å². The second-order valence-corrected chi connectivity index (χ2v) is 8.15. The number of benzene rings is 2. The standard InChI is InChI=1S/C24H22N4O3/c1-24(2,3)15-5-4-6-16(11-15)27-22-14-26-20-12-17(7-8-19(20)28-22)31-18-9-10-25-21(13-18)23(29)30/h4-14H,1-3H3,(H,27,28)(H,29,30). The summed E-state index contributed by atoms with van der Waals surface area (Å²) in [5, 5.41) is 12.4. The van der Waals surface area contributed by atoms with E-state index in [1.54, 1.807) is 24.4 Å². The van der Waals surface area contributed by atoms with Crippen LogP contribution >= 0.6 is 0 Å². The number of nitrogens with one attached hydrogen (secondary N) is 1. The predicted molar refractivity (Wildman–Crippen MR) is 119 cm³/mol. The highest BCUT2D eigenvalue weighted by molar-refractivity contribution is 5.85. The molecule has 0 radical (unpaired) electrons. The zero-order chi connectivity index (χ0) is 22.0. The van der Waals surface area contributed by atoms with Crippen LogP contribution < -0.4 is 10.1 Å². The highest BCUT2D eigenvalue weighted by Gasteiger charge is 2.14. The van der Waals surface area contributed by atoms with Crippen LogP contribution in [0.15, 0.2) is 67.0 Å². The number of carbonyl (C=O) groups is 1. The van der Waals surface area contributed by atoms with E-state index in [4.69, 9.17) is 9.84 Å². The van der Waals surface area contributed by atoms with Gasteiger partial charge >= 0.3 is 5.97 Å². The maximum Gasteiger partial charge on any atom is 0.354 e. The van der Waals surface area contributed by atoms with Crippen LogP contribution in [0.3, 0.4) is 0 Å². The van der Waals surface area contributed by atoms with E-state index in [9.17, 15) is 4.79 Å². The van der Waals surface area contributed by atoms with Gasteiger partial charge in [-0.2, -0.15) is 0 Å². The van der Waals surface area contributed by atoms with Crippen LogP contribution in [-0.4, -0.2) is 26.0 Å². The molecule has 7 nitrogen and oxygen atoms in total. The van der Waals surface area contributed by atoms with Gasteiger partial charge in [0, 0.05) is 24.0 Å². The van der Waals surface area contributed by atoms with Crippen LogP contribution in [0.2, 0.25) is 0 Å². The molecule has 0 aliphatic carbocycles. The average Bonchev–Trinajstić information content (AvgIpc) is 2.73. The third-order valence-electron chi connectivity index (χ3n) is 4.70. The Kier molecular flexibility index (Phi) is 5.25. The van der Waals surface area contributed by atoms with Gasteiger partial charge in [0.25, 0.3) is 0 Å². The molecule has 2 N–H and O–H groups in total. The van der Waals surface area contributed by atoms with Crippen LogP contribution in [0.5, 0.6) is 11.5 Å². The Balaban J connectivity index is 1.55. The lowest BCUT2D eigenvalue weighted by Gasteiger charge is -2.20. The number of anilines is 2. The fraction of sp³-hybridized carbons (Fsp3) is 0.167. The Bertz CT molecular complexity index is 1270. The quantitative estimate of drug-likeness (QED) is 0.441. The number of hydrogen-bond acceptors (Lipinski definition) is 6. The normalized spacial score (nSPS) is 11.3. The molecule has 7 heteroatoms. The molecule has 0 fully saturated rings. The zero-order valence-electron chi connectivity index (χ0n) is 17.5. The van der Waals surface area contributed by atoms with Gasteiger partial charge in [0.2, 0.25) is 0 Å². The van der Waals surface area contributed by atoms with E-state index >= 15 is 0 Å². The molecule has 0 atom stereocenters. The van der Waals surface area contributed by atoms with E-state index in [1.165, 1.54) is 17.8 Å². The Morgan fingerprint density at radius 3 is 2.55 bits per heavy atom. The summed E-state index contributed by atoms with van der Waals surface area (Å²) in [7, 11) is 0. The Morgan fingerprint density at radius 1 is 0.968 bits per heavy atom. The SMILES string of the molecule is CC(C)(C)c1cccc(Nc2cnc3cc(Oc4ccnc(C(=O)O)c4)ccc3n2)c1. The van der Waals surface area contributed by atoms with Crippen molar-refractivity contribution in [2.45, 2.75) is 26.2 Å². The summed E-state index contributed by atoms with van der Waals surface area (Å²) < 4.78 is 5.76. The lowest BCUT2D eigenvalue weighted by Crippen LogP contribution is -2.11. The predicted octanol–water partition coefficient (Wildman–Crippen LogP) is 5.56. The summed E-state index contributed by atoms with van der Waals surface area (Å²) in [6.07, 6.45) is 3.07. The van der Waals surface area contributed by atoms with E-state index in [0.29, 0.717) is 28.4 Å². The maximum atomic E-state index is 11.1. The fourth-order valence-corrected chi connectivity index (χ4v) is 3.05. The summed E-state index contributed by atoms with van der Waals surface area (Å²) in [5.41, 5.74) is 3.54. The van der Waals surface area contributed by atoms with Gasteiger partial charge in [0.05, 0.1) is 17.2 Å². The number of aromatic carboxylic acids is 1. The zero-order valence-corrected chi connectivity index (χ0v) is 17.5. The van der Waals surface area contributed by atoms with E-state index in [0.717, 1.165) is 5.69 Å². The van der Waals surface area contributed by atoms with Crippen molar-refractivity contribution in [3.8, 4) is 11.5 Å². The van der Waals surface area contributed by atoms with Gasteiger partial charge < -0.3 is 15.2 Å². The molecule has 0 aliphatic heterocycles. The highest BCUT2D eigenvalue weighted by atomic mass is 16.5. The third-order valence-corrected chi connectivity index (χ3v) is 4.70. The number of rotatable bonds is 5. The minimum absolute atomic E-state index is 0.0587. The van der Waals surface area contributed by atoms with Gasteiger partial charge in [-0.05, 0) is 41.3 Å².